The highest BCUT2D eigenvalue weighted by atomic mass is 79.9. The monoisotopic (exact) mass is 1130 g/mol. The summed E-state index contributed by atoms with van der Waals surface area (Å²) in [6, 6.07) is 42.3. The fraction of sp³-hybridized carbons (Fsp3) is 0.344. The van der Waals surface area contributed by atoms with E-state index >= 15 is 0 Å². The minimum absolute atomic E-state index is 0.120. The van der Waals surface area contributed by atoms with Crippen LogP contribution in [0.25, 0.3) is 87.0 Å². The van der Waals surface area contributed by atoms with Crippen molar-refractivity contribution in [2.24, 2.45) is 0 Å². The van der Waals surface area contributed by atoms with Crippen LogP contribution in [0, 0.1) is 0 Å². The van der Waals surface area contributed by atoms with Crippen LogP contribution < -0.4 is 10.9 Å². The van der Waals surface area contributed by atoms with Crippen molar-refractivity contribution in [2.75, 3.05) is 0 Å². The smallest absolute Gasteiger partial charge is 0.455 e. The lowest BCUT2D eigenvalue weighted by atomic mass is 9.76. The van der Waals surface area contributed by atoms with E-state index in [2.05, 4.69) is 184 Å². The van der Waals surface area contributed by atoms with Gasteiger partial charge in [-0.05, 0) is 177 Å². The number of furan rings is 2. The first-order valence-corrected chi connectivity index (χ1v) is 27.5. The third-order valence-corrected chi connectivity index (χ3v) is 17.5. The van der Waals surface area contributed by atoms with Crippen molar-refractivity contribution in [3.8, 4) is 0 Å². The Kier molecular flexibility index (Phi) is 12.9. The highest BCUT2D eigenvalue weighted by Crippen LogP contribution is 2.45. The first-order chi connectivity index (χ1) is 35.2. The third-order valence-electron chi connectivity index (χ3n) is 16.5. The second kappa shape index (κ2) is 18.5. The zero-order valence-corrected chi connectivity index (χ0v) is 48.5. The van der Waals surface area contributed by atoms with E-state index in [9.17, 15) is 0 Å². The van der Waals surface area contributed by atoms with Gasteiger partial charge in [-0.2, -0.15) is 0 Å². The van der Waals surface area contributed by atoms with Crippen molar-refractivity contribution in [3.05, 3.63) is 130 Å². The van der Waals surface area contributed by atoms with Crippen LogP contribution >= 0.6 is 31.9 Å². The number of hydrogen-bond acceptors (Lipinski definition) is 9. The van der Waals surface area contributed by atoms with Crippen LogP contribution in [0.3, 0.4) is 0 Å². The van der Waals surface area contributed by atoms with Crippen LogP contribution in [0.5, 0.6) is 0 Å². The maximum absolute atomic E-state index is 6.56. The summed E-state index contributed by atoms with van der Waals surface area (Å²) >= 11 is 7.20. The highest BCUT2D eigenvalue weighted by Gasteiger charge is 2.54. The van der Waals surface area contributed by atoms with Crippen molar-refractivity contribution in [1.29, 1.82) is 0 Å². The van der Waals surface area contributed by atoms with E-state index in [0.717, 1.165) is 85.3 Å². The van der Waals surface area contributed by atoms with Crippen molar-refractivity contribution in [1.82, 2.24) is 0 Å². The predicted octanol–water partition coefficient (Wildman–Crippen LogP) is 15.9. The summed E-state index contributed by atoms with van der Waals surface area (Å²) in [5.74, 6) is 0. The number of para-hydroxylation sites is 2. The molecule has 0 bridgehead atoms. The van der Waals surface area contributed by atoms with Gasteiger partial charge in [0.1, 0.15) is 22.3 Å². The number of rotatable bonds is 4. The molecule has 384 valence electrons. The molecule has 0 atom stereocenters. The molecular formula is C61H63B3Br2O9. The average Bonchev–Trinajstić information content (AvgIpc) is 4.09. The van der Waals surface area contributed by atoms with Gasteiger partial charge in [0, 0.05) is 47.4 Å². The van der Waals surface area contributed by atoms with E-state index in [1.54, 1.807) is 0 Å². The maximum atomic E-state index is 6.56. The van der Waals surface area contributed by atoms with Crippen molar-refractivity contribution in [3.63, 3.8) is 0 Å². The van der Waals surface area contributed by atoms with Crippen molar-refractivity contribution in [2.45, 2.75) is 137 Å². The molecule has 5 heterocycles. The van der Waals surface area contributed by atoms with Gasteiger partial charge < -0.3 is 41.4 Å². The summed E-state index contributed by atoms with van der Waals surface area (Å²) < 4.78 is 57.2. The second-order valence-electron chi connectivity index (χ2n) is 23.5. The maximum Gasteiger partial charge on any atom is 0.640 e. The molecule has 14 heteroatoms. The lowest BCUT2D eigenvalue weighted by Crippen LogP contribution is -2.41. The van der Waals surface area contributed by atoms with Crippen LogP contribution in [-0.4, -0.2) is 61.3 Å². The molecule has 2 aromatic heterocycles. The van der Waals surface area contributed by atoms with Gasteiger partial charge in [0.05, 0.1) is 33.6 Å². The van der Waals surface area contributed by atoms with E-state index in [1.165, 1.54) is 21.5 Å². The van der Waals surface area contributed by atoms with E-state index in [1.807, 2.05) is 65.8 Å². The van der Waals surface area contributed by atoms with Gasteiger partial charge in [-0.3, -0.25) is 0 Å². The molecule has 0 unspecified atom stereocenters. The van der Waals surface area contributed by atoms with Crippen LogP contribution in [0.1, 0.15) is 96.9 Å². The van der Waals surface area contributed by atoms with Crippen molar-refractivity contribution < 1.29 is 41.4 Å². The Labute approximate surface area is 456 Å². The standard InChI is InChI=1S/C32H34B2O5.C20H10Br2O.C9H19BO3/c1-29(2)30(3,4)37-33(36-29)19-13-15-21-22-16-14-20(34-38-31(5,6)32(7,8)39-34)18-25(22)28-27(24(21)17-19)23-11-9-10-12-26(23)35-28;21-11-5-7-13-14-8-6-12(22)10-17(14)20-19(16(13)9-11)15-3-1-2-4-18(15)23-20;1-7(2)11-10-12-8(3,4)9(5,6)13-10/h9-18H,1-8H3;1-10H;7H,1-6H3. The molecule has 3 saturated heterocycles. The predicted molar refractivity (Wildman–Crippen MR) is 317 cm³/mol. The highest BCUT2D eigenvalue weighted by molar-refractivity contribution is 9.10. The summed E-state index contributed by atoms with van der Waals surface area (Å²) in [6.07, 6.45) is 0.120. The summed E-state index contributed by atoms with van der Waals surface area (Å²) in [7, 11) is -1.40. The fourth-order valence-electron chi connectivity index (χ4n) is 10.2. The van der Waals surface area contributed by atoms with Gasteiger partial charge in [-0.1, -0.05) is 117 Å². The number of fused-ring (bicyclic) bond motifs is 16. The molecule has 75 heavy (non-hydrogen) atoms. The van der Waals surface area contributed by atoms with Crippen LogP contribution in [0.4, 0.5) is 0 Å². The fourth-order valence-corrected chi connectivity index (χ4v) is 10.9. The first-order valence-electron chi connectivity index (χ1n) is 25.9. The number of hydrogen-bond donors (Lipinski definition) is 0. The third kappa shape index (κ3) is 9.04. The minimum Gasteiger partial charge on any atom is -0.455 e. The summed E-state index contributed by atoms with van der Waals surface area (Å²) in [5, 5.41) is 13.8. The normalized spacial score (nSPS) is 19.3. The van der Waals surface area contributed by atoms with Gasteiger partial charge in [0.25, 0.3) is 0 Å². The Morgan fingerprint density at radius 1 is 0.373 bits per heavy atom. The largest absolute Gasteiger partial charge is 0.640 e. The van der Waals surface area contributed by atoms with E-state index in [0.29, 0.717) is 0 Å². The Hall–Kier alpha value is -4.73. The van der Waals surface area contributed by atoms with Crippen molar-refractivity contribution >= 4 is 151 Å². The molecule has 0 aliphatic carbocycles. The van der Waals surface area contributed by atoms with Gasteiger partial charge in [0.15, 0.2) is 0 Å². The lowest BCUT2D eigenvalue weighted by molar-refractivity contribution is 0.00578. The van der Waals surface area contributed by atoms with Crippen LogP contribution in [0.15, 0.2) is 139 Å². The van der Waals surface area contributed by atoms with Crippen LogP contribution in [0.2, 0.25) is 0 Å². The van der Waals surface area contributed by atoms with Gasteiger partial charge in [-0.25, -0.2) is 0 Å². The molecule has 0 saturated carbocycles. The molecule has 13 rings (SSSR count). The topological polar surface area (TPSA) is 90.9 Å². The van der Waals surface area contributed by atoms with E-state index in [4.69, 9.17) is 41.4 Å². The van der Waals surface area contributed by atoms with Gasteiger partial charge in [0.2, 0.25) is 0 Å². The number of halogens is 2. The summed E-state index contributed by atoms with van der Waals surface area (Å²) in [5.41, 5.74) is 3.37. The zero-order chi connectivity index (χ0) is 53.4. The summed E-state index contributed by atoms with van der Waals surface area (Å²) in [6.45, 7) is 28.6. The van der Waals surface area contributed by atoms with Gasteiger partial charge >= 0.3 is 21.6 Å². The molecular weight excluding hydrogens is 1070 g/mol. The SMILES string of the molecule is Brc1ccc2c3ccc(Br)cc3c3c4ccccc4oc3c2c1.CC(C)OB1OC(C)(C)C(C)(C)O1.CC1(C)OB(c2ccc3c4ccc(B5OC(C)(C)C(C)(C)O5)cc4c4c5ccccc5oc4c3c2)OC1(C)C. The van der Waals surface area contributed by atoms with E-state index in [-0.39, 0.29) is 17.3 Å². The molecule has 3 fully saturated rings. The minimum atomic E-state index is -0.523. The number of benzene rings is 8. The van der Waals surface area contributed by atoms with Crippen LogP contribution in [-0.2, 0) is 32.6 Å². The molecule has 0 spiro atoms. The van der Waals surface area contributed by atoms with E-state index < -0.39 is 44.0 Å². The Morgan fingerprint density at radius 3 is 1.13 bits per heavy atom. The molecule has 3 aliphatic heterocycles. The Morgan fingerprint density at radius 2 is 0.707 bits per heavy atom. The molecule has 0 N–H and O–H groups in total. The first kappa shape index (κ1) is 52.3. The molecule has 0 amide bonds. The zero-order valence-electron chi connectivity index (χ0n) is 45.3. The average molecular weight is 1130 g/mol. The summed E-state index contributed by atoms with van der Waals surface area (Å²) in [4.78, 5) is 0. The molecule has 10 aromatic rings. The Balaban J connectivity index is 0.000000140. The molecule has 8 aromatic carbocycles. The quantitative estimate of drug-likeness (QED) is 0.126. The second-order valence-corrected chi connectivity index (χ2v) is 25.3. The molecule has 0 radical (unpaired) electrons. The lowest BCUT2D eigenvalue weighted by Gasteiger charge is -2.32. The van der Waals surface area contributed by atoms with Gasteiger partial charge in [-0.15, -0.1) is 0 Å². The Bertz CT molecular complexity index is 3850. The molecule has 3 aliphatic rings. The molecule has 9 nitrogen and oxygen atoms in total.